The van der Waals surface area contributed by atoms with Crippen molar-refractivity contribution in [1.29, 1.82) is 0 Å². The van der Waals surface area contributed by atoms with E-state index in [0.717, 1.165) is 11.4 Å². The van der Waals surface area contributed by atoms with E-state index >= 15 is 0 Å². The molecule has 0 radical (unpaired) electrons. The molecule has 14 heavy (non-hydrogen) atoms. The number of aromatic nitrogens is 4. The van der Waals surface area contributed by atoms with Crippen LogP contribution in [0.5, 0.6) is 0 Å². The molecule has 72 valence electrons. The second-order valence-corrected chi connectivity index (χ2v) is 2.87. The molecule has 5 nitrogen and oxygen atoms in total. The van der Waals surface area contributed by atoms with Crippen LogP contribution in [0.1, 0.15) is 5.82 Å². The van der Waals surface area contributed by atoms with E-state index in [2.05, 4.69) is 25.5 Å². The Balaban J connectivity index is 2.25. The van der Waals surface area contributed by atoms with E-state index in [9.17, 15) is 0 Å². The predicted octanol–water partition coefficient (Wildman–Crippen LogP) is 0.586. The van der Waals surface area contributed by atoms with Crippen molar-refractivity contribution in [3.63, 3.8) is 0 Å². The summed E-state index contributed by atoms with van der Waals surface area (Å²) in [5.74, 6) is 1.54. The lowest BCUT2D eigenvalue weighted by Gasteiger charge is -1.92. The summed E-state index contributed by atoms with van der Waals surface area (Å²) in [5, 5.41) is 9.96. The minimum Gasteiger partial charge on any atom is -0.313 e. The van der Waals surface area contributed by atoms with Crippen molar-refractivity contribution in [1.82, 2.24) is 25.5 Å². The van der Waals surface area contributed by atoms with Gasteiger partial charge in [0.25, 0.3) is 0 Å². The molecule has 2 aromatic rings. The van der Waals surface area contributed by atoms with Crippen LogP contribution < -0.4 is 5.32 Å². The van der Waals surface area contributed by atoms with Crippen LogP contribution in [0.3, 0.4) is 0 Å². The van der Waals surface area contributed by atoms with E-state index in [1.807, 2.05) is 19.2 Å². The number of hydrogen-bond acceptors (Lipinski definition) is 4. The highest BCUT2D eigenvalue weighted by Gasteiger charge is 2.03. The first kappa shape index (κ1) is 8.83. The van der Waals surface area contributed by atoms with Gasteiger partial charge < -0.3 is 5.32 Å². The standard InChI is InChI=1S/C9H11N5/c1-10-6-8-12-9(14-13-8)7-2-4-11-5-3-7/h2-5,10H,6H2,1H3,(H,12,13,14). The molecule has 0 saturated heterocycles. The molecule has 0 unspecified atom stereocenters. The molecule has 0 aliphatic carbocycles. The zero-order valence-corrected chi connectivity index (χ0v) is 7.86. The van der Waals surface area contributed by atoms with Crippen molar-refractivity contribution < 1.29 is 0 Å². The molecule has 0 amide bonds. The molecule has 2 rings (SSSR count). The van der Waals surface area contributed by atoms with E-state index in [4.69, 9.17) is 0 Å². The van der Waals surface area contributed by atoms with Crippen LogP contribution >= 0.6 is 0 Å². The fourth-order valence-electron chi connectivity index (χ4n) is 1.17. The third-order valence-electron chi connectivity index (χ3n) is 1.81. The maximum atomic E-state index is 4.31. The van der Waals surface area contributed by atoms with Gasteiger partial charge in [-0.25, -0.2) is 4.98 Å². The van der Waals surface area contributed by atoms with Gasteiger partial charge in [0.15, 0.2) is 5.82 Å². The molecule has 0 spiro atoms. The van der Waals surface area contributed by atoms with Crippen molar-refractivity contribution in [3.8, 4) is 11.4 Å². The Morgan fingerprint density at radius 3 is 2.86 bits per heavy atom. The van der Waals surface area contributed by atoms with Crippen LogP contribution in [0.2, 0.25) is 0 Å². The van der Waals surface area contributed by atoms with Gasteiger partial charge in [-0.1, -0.05) is 0 Å². The number of rotatable bonds is 3. The second-order valence-electron chi connectivity index (χ2n) is 2.87. The Kier molecular flexibility index (Phi) is 2.51. The van der Waals surface area contributed by atoms with E-state index in [-0.39, 0.29) is 0 Å². The Labute approximate surface area is 81.6 Å². The van der Waals surface area contributed by atoms with Gasteiger partial charge >= 0.3 is 0 Å². The van der Waals surface area contributed by atoms with Gasteiger partial charge in [-0.2, -0.15) is 5.10 Å². The Bertz CT molecular complexity index is 395. The van der Waals surface area contributed by atoms with Gasteiger partial charge in [0, 0.05) is 18.0 Å². The van der Waals surface area contributed by atoms with Crippen LogP contribution in [0, 0.1) is 0 Å². The number of hydrogen-bond donors (Lipinski definition) is 2. The summed E-state index contributed by atoms with van der Waals surface area (Å²) >= 11 is 0. The van der Waals surface area contributed by atoms with Crippen molar-refractivity contribution in [2.24, 2.45) is 0 Å². The molecule has 0 aromatic carbocycles. The molecule has 2 heterocycles. The number of aromatic amines is 1. The van der Waals surface area contributed by atoms with Crippen LogP contribution in [0.25, 0.3) is 11.4 Å². The molecule has 2 aromatic heterocycles. The average Bonchev–Trinajstić information content (AvgIpc) is 2.68. The van der Waals surface area contributed by atoms with Gasteiger partial charge in [0.05, 0.1) is 6.54 Å². The van der Waals surface area contributed by atoms with Crippen LogP contribution in [0.15, 0.2) is 24.5 Å². The first-order chi connectivity index (χ1) is 6.90. The number of H-pyrrole nitrogens is 1. The Morgan fingerprint density at radius 1 is 1.36 bits per heavy atom. The molecule has 0 fully saturated rings. The second kappa shape index (κ2) is 3.97. The smallest absolute Gasteiger partial charge is 0.181 e. The lowest BCUT2D eigenvalue weighted by atomic mass is 10.2. The average molecular weight is 189 g/mol. The third-order valence-corrected chi connectivity index (χ3v) is 1.81. The first-order valence-corrected chi connectivity index (χ1v) is 4.36. The largest absolute Gasteiger partial charge is 0.313 e. The number of pyridine rings is 1. The number of nitrogens with one attached hydrogen (secondary N) is 2. The zero-order chi connectivity index (χ0) is 9.80. The molecule has 0 bridgehead atoms. The van der Waals surface area contributed by atoms with Crippen molar-refractivity contribution in [3.05, 3.63) is 30.4 Å². The van der Waals surface area contributed by atoms with E-state index in [1.165, 1.54) is 0 Å². The van der Waals surface area contributed by atoms with Gasteiger partial charge in [0.2, 0.25) is 0 Å². The molecular weight excluding hydrogens is 178 g/mol. The summed E-state index contributed by atoms with van der Waals surface area (Å²) in [6.07, 6.45) is 3.45. The predicted molar refractivity (Wildman–Crippen MR) is 52.4 cm³/mol. The molecule has 0 aliphatic heterocycles. The van der Waals surface area contributed by atoms with E-state index in [0.29, 0.717) is 12.4 Å². The normalized spacial score (nSPS) is 10.4. The number of nitrogens with zero attached hydrogens (tertiary/aromatic N) is 3. The maximum Gasteiger partial charge on any atom is 0.181 e. The molecule has 2 N–H and O–H groups in total. The SMILES string of the molecule is CNCc1nc(-c2ccncc2)n[nH]1. The molecule has 5 heteroatoms. The fourth-order valence-corrected chi connectivity index (χ4v) is 1.17. The van der Waals surface area contributed by atoms with Gasteiger partial charge in [-0.15, -0.1) is 0 Å². The van der Waals surface area contributed by atoms with Crippen LogP contribution in [-0.4, -0.2) is 27.2 Å². The fraction of sp³-hybridized carbons (Fsp3) is 0.222. The van der Waals surface area contributed by atoms with E-state index in [1.54, 1.807) is 12.4 Å². The summed E-state index contributed by atoms with van der Waals surface area (Å²) in [4.78, 5) is 8.25. The Hall–Kier alpha value is -1.75. The monoisotopic (exact) mass is 189 g/mol. The highest BCUT2D eigenvalue weighted by Crippen LogP contribution is 2.11. The maximum absolute atomic E-state index is 4.31. The van der Waals surface area contributed by atoms with Gasteiger partial charge in [-0.05, 0) is 19.2 Å². The lowest BCUT2D eigenvalue weighted by Crippen LogP contribution is -2.06. The van der Waals surface area contributed by atoms with Crippen LogP contribution in [-0.2, 0) is 6.54 Å². The molecule has 0 atom stereocenters. The molecule has 0 aliphatic rings. The quantitative estimate of drug-likeness (QED) is 0.741. The van der Waals surface area contributed by atoms with Crippen molar-refractivity contribution in [2.45, 2.75) is 6.54 Å². The highest BCUT2D eigenvalue weighted by atomic mass is 15.2. The van der Waals surface area contributed by atoms with Gasteiger partial charge in [-0.3, -0.25) is 10.1 Å². The minimum atomic E-state index is 0.693. The third kappa shape index (κ3) is 1.77. The highest BCUT2D eigenvalue weighted by molar-refractivity contribution is 5.52. The molecular formula is C9H11N5. The zero-order valence-electron chi connectivity index (χ0n) is 7.86. The van der Waals surface area contributed by atoms with Crippen LogP contribution in [0.4, 0.5) is 0 Å². The minimum absolute atomic E-state index is 0.693. The van der Waals surface area contributed by atoms with E-state index < -0.39 is 0 Å². The summed E-state index contributed by atoms with van der Waals surface area (Å²) in [5.41, 5.74) is 0.971. The summed E-state index contributed by atoms with van der Waals surface area (Å²) in [7, 11) is 1.87. The lowest BCUT2D eigenvalue weighted by molar-refractivity contribution is 0.763. The van der Waals surface area contributed by atoms with Crippen molar-refractivity contribution in [2.75, 3.05) is 7.05 Å². The van der Waals surface area contributed by atoms with Crippen molar-refractivity contribution >= 4 is 0 Å². The summed E-state index contributed by atoms with van der Waals surface area (Å²) in [6, 6.07) is 3.76. The topological polar surface area (TPSA) is 66.5 Å². The van der Waals surface area contributed by atoms with Gasteiger partial charge in [0.1, 0.15) is 5.82 Å². The molecule has 0 saturated carbocycles. The Morgan fingerprint density at radius 2 is 2.14 bits per heavy atom. The summed E-state index contributed by atoms with van der Waals surface area (Å²) < 4.78 is 0. The summed E-state index contributed by atoms with van der Waals surface area (Å²) in [6.45, 7) is 0.693. The first-order valence-electron chi connectivity index (χ1n) is 4.36.